The van der Waals surface area contributed by atoms with Crippen molar-refractivity contribution >= 4 is 27.1 Å². The predicted octanol–water partition coefficient (Wildman–Crippen LogP) is 3.10. The van der Waals surface area contributed by atoms with Crippen LogP contribution >= 0.6 is 11.3 Å². The molecule has 0 aliphatic rings. The zero-order chi connectivity index (χ0) is 19.3. The number of sulfone groups is 1. The van der Waals surface area contributed by atoms with Gasteiger partial charge in [-0.1, -0.05) is 12.1 Å². The Morgan fingerprint density at radius 3 is 2.56 bits per heavy atom. The van der Waals surface area contributed by atoms with Crippen LogP contribution < -0.4 is 10.1 Å². The number of carbonyl (C=O) groups excluding carboxylic acids is 1. The average molecular weight is 402 g/mol. The van der Waals surface area contributed by atoms with Crippen molar-refractivity contribution in [1.29, 1.82) is 0 Å². The Morgan fingerprint density at radius 1 is 1.19 bits per heavy atom. The molecule has 0 fully saturated rings. The summed E-state index contributed by atoms with van der Waals surface area (Å²) in [6.07, 6.45) is 3.09. The Labute approximate surface area is 161 Å². The van der Waals surface area contributed by atoms with Crippen LogP contribution in [-0.4, -0.2) is 33.0 Å². The molecular formula is C19H18N2O4S2. The van der Waals surface area contributed by atoms with E-state index in [1.807, 2.05) is 0 Å². The lowest BCUT2D eigenvalue weighted by Gasteiger charge is -2.18. The first-order valence-corrected chi connectivity index (χ1v) is 10.5. The lowest BCUT2D eigenvalue weighted by Crippen LogP contribution is -2.31. The van der Waals surface area contributed by atoms with E-state index in [4.69, 9.17) is 4.74 Å². The normalized spacial score (nSPS) is 12.3. The molecule has 140 valence electrons. The third-order valence-corrected chi connectivity index (χ3v) is 7.54. The topological polar surface area (TPSA) is 85.4 Å². The molecule has 1 atom stereocenters. The van der Waals surface area contributed by atoms with Crippen LogP contribution in [0, 0.1) is 0 Å². The van der Waals surface area contributed by atoms with E-state index in [0.29, 0.717) is 16.9 Å². The summed E-state index contributed by atoms with van der Waals surface area (Å²) in [5.41, 5.74) is 0.954. The van der Waals surface area contributed by atoms with Gasteiger partial charge < -0.3 is 10.1 Å². The number of pyridine rings is 1. The second-order valence-electron chi connectivity index (χ2n) is 5.69. The number of amides is 1. The highest BCUT2D eigenvalue weighted by molar-refractivity contribution is 7.93. The highest BCUT2D eigenvalue weighted by Gasteiger charge is 2.30. The standard InChI is InChI=1S/C19H18N2O4S2/c1-25-16-8-6-14(7-9-16)19(22)21-13-17(15-4-2-10-20-12-15)27(23,24)18-5-3-11-26-18/h2-12,17H,13H2,1H3,(H,21,22). The lowest BCUT2D eigenvalue weighted by molar-refractivity contribution is 0.0953. The zero-order valence-electron chi connectivity index (χ0n) is 14.5. The van der Waals surface area contributed by atoms with E-state index in [0.717, 1.165) is 11.3 Å². The fraction of sp³-hybridized carbons (Fsp3) is 0.158. The molecule has 1 unspecified atom stereocenters. The fourth-order valence-electron chi connectivity index (χ4n) is 2.57. The number of nitrogens with zero attached hydrogens (tertiary/aromatic N) is 1. The molecule has 1 amide bonds. The monoisotopic (exact) mass is 402 g/mol. The molecule has 8 heteroatoms. The Hall–Kier alpha value is -2.71. The third-order valence-electron chi connectivity index (χ3n) is 4.01. The molecule has 3 aromatic rings. The quantitative estimate of drug-likeness (QED) is 0.656. The van der Waals surface area contributed by atoms with Crippen molar-refractivity contribution in [1.82, 2.24) is 10.3 Å². The summed E-state index contributed by atoms with van der Waals surface area (Å²) in [4.78, 5) is 16.5. The van der Waals surface area contributed by atoms with Gasteiger partial charge in [0.25, 0.3) is 5.91 Å². The van der Waals surface area contributed by atoms with Crippen LogP contribution in [0.15, 0.2) is 70.5 Å². The van der Waals surface area contributed by atoms with Gasteiger partial charge in [-0.2, -0.15) is 0 Å². The fourth-order valence-corrected chi connectivity index (χ4v) is 5.42. The van der Waals surface area contributed by atoms with E-state index in [-0.39, 0.29) is 16.7 Å². The minimum atomic E-state index is -3.66. The molecule has 27 heavy (non-hydrogen) atoms. The SMILES string of the molecule is COc1ccc(C(=O)NCC(c2cccnc2)S(=O)(=O)c2cccs2)cc1. The van der Waals surface area contributed by atoms with Crippen LogP contribution in [0.25, 0.3) is 0 Å². The first-order chi connectivity index (χ1) is 13.0. The molecule has 1 N–H and O–H groups in total. The van der Waals surface area contributed by atoms with E-state index < -0.39 is 15.1 Å². The van der Waals surface area contributed by atoms with Crippen molar-refractivity contribution < 1.29 is 17.9 Å². The molecule has 1 aromatic carbocycles. The van der Waals surface area contributed by atoms with Crippen molar-refractivity contribution in [2.75, 3.05) is 13.7 Å². The summed E-state index contributed by atoms with van der Waals surface area (Å²) in [6.45, 7) is -0.0587. The van der Waals surface area contributed by atoms with E-state index >= 15 is 0 Å². The number of thiophene rings is 1. The van der Waals surface area contributed by atoms with Gasteiger partial charge >= 0.3 is 0 Å². The maximum atomic E-state index is 13.0. The highest BCUT2D eigenvalue weighted by Crippen LogP contribution is 2.30. The summed E-state index contributed by atoms with van der Waals surface area (Å²) >= 11 is 1.15. The molecule has 0 saturated heterocycles. The molecule has 0 bridgehead atoms. The molecular weight excluding hydrogens is 384 g/mol. The summed E-state index contributed by atoms with van der Waals surface area (Å²) in [6, 6.07) is 13.2. The van der Waals surface area contributed by atoms with Gasteiger partial charge in [0.2, 0.25) is 0 Å². The smallest absolute Gasteiger partial charge is 0.251 e. The second kappa shape index (κ2) is 8.32. The van der Waals surface area contributed by atoms with Gasteiger partial charge in [-0.15, -0.1) is 11.3 Å². The number of methoxy groups -OCH3 is 1. The minimum Gasteiger partial charge on any atom is -0.497 e. The number of benzene rings is 1. The Bertz CT molecular complexity index is 986. The molecule has 2 aromatic heterocycles. The molecule has 0 aliphatic heterocycles. The van der Waals surface area contributed by atoms with E-state index in [9.17, 15) is 13.2 Å². The molecule has 0 aliphatic carbocycles. The van der Waals surface area contributed by atoms with Gasteiger partial charge in [-0.25, -0.2) is 8.42 Å². The maximum Gasteiger partial charge on any atom is 0.251 e. The second-order valence-corrected chi connectivity index (χ2v) is 9.00. The van der Waals surface area contributed by atoms with Crippen LogP contribution in [-0.2, 0) is 9.84 Å². The summed E-state index contributed by atoms with van der Waals surface area (Å²) in [5, 5.41) is 3.51. The van der Waals surface area contributed by atoms with Crippen LogP contribution in [0.4, 0.5) is 0 Å². The van der Waals surface area contributed by atoms with Crippen molar-refractivity contribution in [2.45, 2.75) is 9.46 Å². The predicted molar refractivity (Wildman–Crippen MR) is 104 cm³/mol. The van der Waals surface area contributed by atoms with Gasteiger partial charge in [0.15, 0.2) is 9.84 Å². The Kier molecular flexibility index (Phi) is 5.88. The first-order valence-electron chi connectivity index (χ1n) is 8.12. The number of nitrogens with one attached hydrogen (secondary N) is 1. The largest absolute Gasteiger partial charge is 0.497 e. The first kappa shape index (κ1) is 19.1. The number of ether oxygens (including phenoxy) is 1. The molecule has 0 spiro atoms. The number of hydrogen-bond donors (Lipinski definition) is 1. The number of rotatable bonds is 7. The summed E-state index contributed by atoms with van der Waals surface area (Å²) in [7, 11) is -2.11. The van der Waals surface area contributed by atoms with Crippen LogP contribution in [0.5, 0.6) is 5.75 Å². The van der Waals surface area contributed by atoms with Crippen LogP contribution in [0.2, 0.25) is 0 Å². The van der Waals surface area contributed by atoms with E-state index in [2.05, 4.69) is 10.3 Å². The van der Waals surface area contributed by atoms with Gasteiger partial charge in [0, 0.05) is 24.5 Å². The molecule has 3 rings (SSSR count). The van der Waals surface area contributed by atoms with Crippen molar-refractivity contribution in [3.63, 3.8) is 0 Å². The molecule has 0 radical (unpaired) electrons. The number of hydrogen-bond acceptors (Lipinski definition) is 6. The molecule has 2 heterocycles. The Balaban J connectivity index is 1.83. The van der Waals surface area contributed by atoms with Crippen molar-refractivity contribution in [3.8, 4) is 5.75 Å². The zero-order valence-corrected chi connectivity index (χ0v) is 16.2. The maximum absolute atomic E-state index is 13.0. The van der Waals surface area contributed by atoms with Gasteiger partial charge in [-0.3, -0.25) is 9.78 Å². The van der Waals surface area contributed by atoms with Crippen molar-refractivity contribution in [3.05, 3.63) is 77.4 Å². The highest BCUT2D eigenvalue weighted by atomic mass is 32.2. The van der Waals surface area contributed by atoms with Gasteiger partial charge in [0.1, 0.15) is 15.2 Å². The van der Waals surface area contributed by atoms with E-state index in [1.54, 1.807) is 67.2 Å². The van der Waals surface area contributed by atoms with Crippen molar-refractivity contribution in [2.24, 2.45) is 0 Å². The van der Waals surface area contributed by atoms with E-state index in [1.165, 1.54) is 6.20 Å². The number of aromatic nitrogens is 1. The van der Waals surface area contributed by atoms with Crippen LogP contribution in [0.3, 0.4) is 0 Å². The summed E-state index contributed by atoms with van der Waals surface area (Å²) in [5.74, 6) is 0.285. The van der Waals surface area contributed by atoms with Gasteiger partial charge in [-0.05, 0) is 47.3 Å². The average Bonchev–Trinajstić information content (AvgIpc) is 3.24. The Morgan fingerprint density at radius 2 is 1.96 bits per heavy atom. The lowest BCUT2D eigenvalue weighted by atomic mass is 10.2. The van der Waals surface area contributed by atoms with Crippen LogP contribution in [0.1, 0.15) is 21.2 Å². The minimum absolute atomic E-state index is 0.0587. The van der Waals surface area contributed by atoms with Gasteiger partial charge in [0.05, 0.1) is 7.11 Å². The third kappa shape index (κ3) is 4.35. The molecule has 6 nitrogen and oxygen atoms in total. The summed E-state index contributed by atoms with van der Waals surface area (Å²) < 4.78 is 31.4. The molecule has 0 saturated carbocycles. The number of carbonyl (C=O) groups is 1.